The molecule has 0 aliphatic rings. The highest BCUT2D eigenvalue weighted by molar-refractivity contribution is 7.89. The summed E-state index contributed by atoms with van der Waals surface area (Å²) < 4.78 is 27.0. The summed E-state index contributed by atoms with van der Waals surface area (Å²) in [7, 11) is -3.94. The van der Waals surface area contributed by atoms with Crippen molar-refractivity contribution in [2.75, 3.05) is 5.32 Å². The van der Waals surface area contributed by atoms with Crippen molar-refractivity contribution in [3.05, 3.63) is 72.9 Å². The molecule has 27 heavy (non-hydrogen) atoms. The van der Waals surface area contributed by atoms with E-state index in [0.717, 1.165) is 9.65 Å². The first kappa shape index (κ1) is 18.5. The van der Waals surface area contributed by atoms with Crippen molar-refractivity contribution in [3.63, 3.8) is 0 Å². The van der Waals surface area contributed by atoms with Crippen LogP contribution in [0.2, 0.25) is 0 Å². The number of rotatable bonds is 6. The molecule has 0 fully saturated rings. The number of hydrogen-bond donors (Lipinski definition) is 1. The van der Waals surface area contributed by atoms with Crippen LogP contribution in [-0.2, 0) is 21.2 Å². The Balaban J connectivity index is 2.05. The lowest BCUT2D eigenvalue weighted by Crippen LogP contribution is -2.17. The zero-order valence-corrected chi connectivity index (χ0v) is 15.5. The molecule has 3 aromatic rings. The minimum Gasteiger partial charge on any atom is -0.326 e. The van der Waals surface area contributed by atoms with Crippen LogP contribution in [0.1, 0.15) is 12.6 Å². The van der Waals surface area contributed by atoms with E-state index in [-0.39, 0.29) is 10.8 Å². The monoisotopic (exact) mass is 382 g/mol. The van der Waals surface area contributed by atoms with Gasteiger partial charge in [0, 0.05) is 24.6 Å². The molecule has 8 heteroatoms. The van der Waals surface area contributed by atoms with Gasteiger partial charge >= 0.3 is 0 Å². The van der Waals surface area contributed by atoms with Gasteiger partial charge in [-0.2, -0.15) is 8.42 Å². The van der Waals surface area contributed by atoms with E-state index in [0.29, 0.717) is 23.5 Å². The molecular formula is C19H18N4O3S. The van der Waals surface area contributed by atoms with Gasteiger partial charge in [-0.05, 0) is 24.3 Å². The molecule has 2 aromatic carbocycles. The fourth-order valence-electron chi connectivity index (χ4n) is 2.63. The van der Waals surface area contributed by atoms with Crippen LogP contribution in [0.25, 0.3) is 11.3 Å². The normalized spacial score (nSPS) is 11.1. The highest BCUT2D eigenvalue weighted by atomic mass is 32.2. The van der Waals surface area contributed by atoms with Gasteiger partial charge in [0.15, 0.2) is 0 Å². The Hall–Kier alpha value is -3.26. The van der Waals surface area contributed by atoms with E-state index in [2.05, 4.69) is 22.2 Å². The van der Waals surface area contributed by atoms with Gasteiger partial charge in [0.2, 0.25) is 5.91 Å². The minimum atomic E-state index is -3.94. The van der Waals surface area contributed by atoms with E-state index in [1.807, 2.05) is 30.3 Å². The first-order valence-electron chi connectivity index (χ1n) is 8.17. The van der Waals surface area contributed by atoms with Crippen molar-refractivity contribution in [2.24, 2.45) is 0 Å². The maximum atomic E-state index is 13.0. The van der Waals surface area contributed by atoms with Gasteiger partial charge < -0.3 is 5.32 Å². The van der Waals surface area contributed by atoms with Crippen LogP contribution >= 0.6 is 0 Å². The van der Waals surface area contributed by atoms with Gasteiger partial charge in [-0.1, -0.05) is 41.6 Å². The fourth-order valence-corrected chi connectivity index (χ4v) is 3.89. The average molecular weight is 382 g/mol. The third-order valence-electron chi connectivity index (χ3n) is 3.82. The summed E-state index contributed by atoms with van der Waals surface area (Å²) in [5.41, 5.74) is 2.21. The van der Waals surface area contributed by atoms with Crippen LogP contribution in [0.4, 0.5) is 5.69 Å². The summed E-state index contributed by atoms with van der Waals surface area (Å²) >= 11 is 0. The Bertz CT molecular complexity index is 1070. The maximum absolute atomic E-state index is 13.0. The van der Waals surface area contributed by atoms with E-state index in [1.54, 1.807) is 6.08 Å². The predicted octanol–water partition coefficient (Wildman–Crippen LogP) is 2.87. The summed E-state index contributed by atoms with van der Waals surface area (Å²) in [6.45, 7) is 5.08. The third kappa shape index (κ3) is 3.80. The number of benzene rings is 2. The number of allylic oxidation sites excluding steroid dienone is 1. The molecule has 0 saturated heterocycles. The van der Waals surface area contributed by atoms with Crippen molar-refractivity contribution in [1.82, 2.24) is 14.4 Å². The minimum absolute atomic E-state index is 0.0476. The van der Waals surface area contributed by atoms with Crippen LogP contribution < -0.4 is 5.32 Å². The molecule has 3 rings (SSSR count). The molecule has 0 saturated carbocycles. The molecule has 1 amide bonds. The number of amides is 1. The topological polar surface area (TPSA) is 93.9 Å². The molecule has 0 bridgehead atoms. The van der Waals surface area contributed by atoms with Crippen molar-refractivity contribution >= 4 is 21.6 Å². The third-order valence-corrected chi connectivity index (χ3v) is 5.43. The highest BCUT2D eigenvalue weighted by Crippen LogP contribution is 2.25. The Morgan fingerprint density at radius 1 is 1.15 bits per heavy atom. The van der Waals surface area contributed by atoms with E-state index in [9.17, 15) is 13.2 Å². The molecule has 0 aliphatic heterocycles. The highest BCUT2D eigenvalue weighted by Gasteiger charge is 2.25. The zero-order chi connectivity index (χ0) is 19.4. The van der Waals surface area contributed by atoms with Crippen molar-refractivity contribution in [1.29, 1.82) is 0 Å². The molecule has 0 atom stereocenters. The molecule has 0 radical (unpaired) electrons. The van der Waals surface area contributed by atoms with Gasteiger partial charge in [0.1, 0.15) is 5.69 Å². The second kappa shape index (κ2) is 7.55. The SMILES string of the molecule is C=CCc1c(-c2ccccc2)nnn1S(=O)(=O)c1ccc(NC(C)=O)cc1. The van der Waals surface area contributed by atoms with E-state index in [4.69, 9.17) is 0 Å². The summed E-state index contributed by atoms with van der Waals surface area (Å²) in [6, 6.07) is 15.1. The summed E-state index contributed by atoms with van der Waals surface area (Å²) in [5, 5.41) is 10.6. The second-order valence-corrected chi connectivity index (χ2v) is 7.56. The Morgan fingerprint density at radius 3 is 2.41 bits per heavy atom. The molecule has 1 N–H and O–H groups in total. The Morgan fingerprint density at radius 2 is 1.81 bits per heavy atom. The standard InChI is InChI=1S/C19H18N4O3S/c1-3-7-18-19(15-8-5-4-6-9-15)21-22-23(18)27(25,26)17-12-10-16(11-13-17)20-14(2)24/h3-6,8-13H,1,7H2,2H3,(H,20,24). The maximum Gasteiger partial charge on any atom is 0.284 e. The molecule has 1 heterocycles. The summed E-state index contributed by atoms with van der Waals surface area (Å²) in [6.07, 6.45) is 1.90. The quantitative estimate of drug-likeness (QED) is 0.662. The number of nitrogens with one attached hydrogen (secondary N) is 1. The summed E-state index contributed by atoms with van der Waals surface area (Å²) in [4.78, 5) is 11.2. The molecule has 7 nitrogen and oxygen atoms in total. The zero-order valence-electron chi connectivity index (χ0n) is 14.7. The van der Waals surface area contributed by atoms with E-state index >= 15 is 0 Å². The first-order valence-corrected chi connectivity index (χ1v) is 9.61. The number of nitrogens with zero attached hydrogens (tertiary/aromatic N) is 3. The first-order chi connectivity index (χ1) is 12.9. The van der Waals surface area contributed by atoms with Crippen molar-refractivity contribution in [3.8, 4) is 11.3 Å². The van der Waals surface area contributed by atoms with Gasteiger partial charge in [-0.15, -0.1) is 15.8 Å². The predicted molar refractivity (Wildman–Crippen MR) is 103 cm³/mol. The van der Waals surface area contributed by atoms with Crippen LogP contribution in [0.15, 0.2) is 72.1 Å². The van der Waals surface area contributed by atoms with Crippen molar-refractivity contribution in [2.45, 2.75) is 18.2 Å². The lowest BCUT2D eigenvalue weighted by molar-refractivity contribution is -0.114. The summed E-state index contributed by atoms with van der Waals surface area (Å²) in [5.74, 6) is -0.234. The van der Waals surface area contributed by atoms with Gasteiger partial charge in [0.05, 0.1) is 10.6 Å². The van der Waals surface area contributed by atoms with Crippen LogP contribution in [0.5, 0.6) is 0 Å². The molecule has 0 spiro atoms. The van der Waals surface area contributed by atoms with Crippen LogP contribution in [0, 0.1) is 0 Å². The molecular weight excluding hydrogens is 364 g/mol. The average Bonchev–Trinajstić information content (AvgIpc) is 3.07. The van der Waals surface area contributed by atoms with Gasteiger partial charge in [0.25, 0.3) is 10.0 Å². The molecule has 1 aromatic heterocycles. The molecule has 0 aliphatic carbocycles. The lowest BCUT2D eigenvalue weighted by atomic mass is 10.1. The van der Waals surface area contributed by atoms with Gasteiger partial charge in [-0.25, -0.2) is 0 Å². The van der Waals surface area contributed by atoms with Crippen molar-refractivity contribution < 1.29 is 13.2 Å². The number of carbonyl (C=O) groups is 1. The van der Waals surface area contributed by atoms with E-state index in [1.165, 1.54) is 31.2 Å². The Labute approximate surface area is 157 Å². The fraction of sp³-hybridized carbons (Fsp3) is 0.105. The lowest BCUT2D eigenvalue weighted by Gasteiger charge is -2.09. The molecule has 138 valence electrons. The number of carbonyl (C=O) groups excluding carboxylic acids is 1. The number of aromatic nitrogens is 3. The smallest absolute Gasteiger partial charge is 0.284 e. The molecule has 0 unspecified atom stereocenters. The van der Waals surface area contributed by atoms with E-state index < -0.39 is 10.0 Å². The largest absolute Gasteiger partial charge is 0.326 e. The number of hydrogen-bond acceptors (Lipinski definition) is 5. The van der Waals surface area contributed by atoms with Crippen LogP contribution in [-0.4, -0.2) is 28.7 Å². The van der Waals surface area contributed by atoms with Crippen LogP contribution in [0.3, 0.4) is 0 Å². The van der Waals surface area contributed by atoms with Gasteiger partial charge in [-0.3, -0.25) is 4.79 Å². The number of anilines is 1. The Kier molecular flexibility index (Phi) is 5.18. The second-order valence-electron chi connectivity index (χ2n) is 5.80.